The van der Waals surface area contributed by atoms with E-state index in [0.29, 0.717) is 20.1 Å². The molecule has 0 aliphatic heterocycles. The third-order valence-corrected chi connectivity index (χ3v) is 4.55. The molecule has 0 aromatic heterocycles. The van der Waals surface area contributed by atoms with Gasteiger partial charge in [-0.05, 0) is 48.2 Å². The van der Waals surface area contributed by atoms with E-state index in [1.165, 1.54) is 0 Å². The maximum atomic E-state index is 9.62. The van der Waals surface area contributed by atoms with Crippen LogP contribution in [0.1, 0.15) is 23.5 Å². The molecule has 0 aliphatic carbocycles. The Hall–Kier alpha value is -0.440. The van der Waals surface area contributed by atoms with Gasteiger partial charge < -0.3 is 5.11 Å². The highest BCUT2D eigenvalue weighted by Crippen LogP contribution is 2.31. The van der Waals surface area contributed by atoms with Crippen LogP contribution in [0, 0.1) is 0 Å². The zero-order chi connectivity index (χ0) is 15.4. The summed E-state index contributed by atoms with van der Waals surface area (Å²) in [6, 6.07) is 10.8. The molecule has 2 rings (SSSR count). The van der Waals surface area contributed by atoms with Gasteiger partial charge in [0, 0.05) is 32.6 Å². The molecular formula is C16H14Cl4O. The summed E-state index contributed by atoms with van der Waals surface area (Å²) in [5.74, 6) is -0.0542. The summed E-state index contributed by atoms with van der Waals surface area (Å²) in [5.41, 5.74) is 1.90. The third kappa shape index (κ3) is 4.51. The molecule has 0 saturated carbocycles. The number of rotatable bonds is 5. The largest absolute Gasteiger partial charge is 0.396 e. The van der Waals surface area contributed by atoms with Gasteiger partial charge in [0.1, 0.15) is 0 Å². The van der Waals surface area contributed by atoms with E-state index in [2.05, 4.69) is 0 Å². The second-order valence-corrected chi connectivity index (χ2v) is 6.51. The van der Waals surface area contributed by atoms with Gasteiger partial charge >= 0.3 is 0 Å². The number of hydrogen-bond acceptors (Lipinski definition) is 1. The Morgan fingerprint density at radius 1 is 0.857 bits per heavy atom. The molecule has 112 valence electrons. The van der Waals surface area contributed by atoms with Gasteiger partial charge in [0.25, 0.3) is 0 Å². The number of halogens is 4. The highest BCUT2D eigenvalue weighted by atomic mass is 35.5. The van der Waals surface area contributed by atoms with Crippen molar-refractivity contribution in [1.82, 2.24) is 0 Å². The first-order valence-electron chi connectivity index (χ1n) is 6.51. The molecule has 5 heteroatoms. The van der Waals surface area contributed by atoms with Gasteiger partial charge in [0.05, 0.1) is 0 Å². The Morgan fingerprint density at radius 3 is 2.05 bits per heavy atom. The minimum absolute atomic E-state index is 0.0204. The Morgan fingerprint density at radius 2 is 1.48 bits per heavy atom. The summed E-state index contributed by atoms with van der Waals surface area (Å²) in [7, 11) is 0. The van der Waals surface area contributed by atoms with Gasteiger partial charge in [-0.15, -0.1) is 0 Å². The zero-order valence-corrected chi connectivity index (χ0v) is 14.1. The standard InChI is InChI=1S/C16H14Cl4O/c17-12-4-3-10(15(19)7-12)1-2-11(9-21)14-6-5-13(18)8-16(14)20/h3-8,11,21H,1-2,9H2. The highest BCUT2D eigenvalue weighted by molar-refractivity contribution is 6.35. The molecule has 2 aromatic carbocycles. The average Bonchev–Trinajstić information content (AvgIpc) is 2.43. The Balaban J connectivity index is 2.12. The van der Waals surface area contributed by atoms with E-state index in [0.717, 1.165) is 24.0 Å². The first kappa shape index (κ1) is 16.9. The summed E-state index contributed by atoms with van der Waals surface area (Å²) in [5, 5.41) is 12.0. The molecule has 0 radical (unpaired) electrons. The first-order chi connectivity index (χ1) is 10.0. The van der Waals surface area contributed by atoms with Crippen LogP contribution in [0.4, 0.5) is 0 Å². The van der Waals surface area contributed by atoms with Crippen LogP contribution in [-0.2, 0) is 6.42 Å². The second-order valence-electron chi connectivity index (χ2n) is 4.82. The molecule has 21 heavy (non-hydrogen) atoms. The normalized spacial score (nSPS) is 12.4. The van der Waals surface area contributed by atoms with E-state index in [9.17, 15) is 5.11 Å². The van der Waals surface area contributed by atoms with Crippen LogP contribution in [-0.4, -0.2) is 11.7 Å². The Labute approximate surface area is 144 Å². The monoisotopic (exact) mass is 362 g/mol. The van der Waals surface area contributed by atoms with Crippen LogP contribution in [0.3, 0.4) is 0 Å². The van der Waals surface area contributed by atoms with Gasteiger partial charge in [0.2, 0.25) is 0 Å². The molecule has 0 fully saturated rings. The van der Waals surface area contributed by atoms with Gasteiger partial charge in [-0.2, -0.15) is 0 Å². The number of aliphatic hydroxyl groups is 1. The third-order valence-electron chi connectivity index (χ3n) is 3.40. The SMILES string of the molecule is OCC(CCc1ccc(Cl)cc1Cl)c1ccc(Cl)cc1Cl. The minimum Gasteiger partial charge on any atom is -0.396 e. The van der Waals surface area contributed by atoms with Crippen LogP contribution >= 0.6 is 46.4 Å². The van der Waals surface area contributed by atoms with Crippen LogP contribution < -0.4 is 0 Å². The summed E-state index contributed by atoms with van der Waals surface area (Å²) < 4.78 is 0. The molecule has 1 unspecified atom stereocenters. The molecule has 0 bridgehead atoms. The average molecular weight is 364 g/mol. The lowest BCUT2D eigenvalue weighted by molar-refractivity contribution is 0.259. The second kappa shape index (κ2) is 7.71. The maximum Gasteiger partial charge on any atom is 0.0500 e. The predicted octanol–water partition coefficient (Wildman–Crippen LogP) is 6.01. The van der Waals surface area contributed by atoms with Crippen molar-refractivity contribution in [1.29, 1.82) is 0 Å². The highest BCUT2D eigenvalue weighted by Gasteiger charge is 2.15. The molecule has 1 nitrogen and oxygen atoms in total. The molecule has 1 N–H and O–H groups in total. The smallest absolute Gasteiger partial charge is 0.0500 e. The van der Waals surface area contributed by atoms with Crippen LogP contribution in [0.5, 0.6) is 0 Å². The number of hydrogen-bond donors (Lipinski definition) is 1. The molecule has 0 heterocycles. The van der Waals surface area contributed by atoms with Crippen molar-refractivity contribution in [2.45, 2.75) is 18.8 Å². The van der Waals surface area contributed by atoms with E-state index < -0.39 is 0 Å². The van der Waals surface area contributed by atoms with E-state index in [4.69, 9.17) is 46.4 Å². The minimum atomic E-state index is -0.0542. The van der Waals surface area contributed by atoms with Crippen LogP contribution in [0.25, 0.3) is 0 Å². The van der Waals surface area contributed by atoms with Crippen molar-refractivity contribution in [3.8, 4) is 0 Å². The molecule has 0 spiro atoms. The van der Waals surface area contributed by atoms with E-state index in [1.807, 2.05) is 18.2 Å². The van der Waals surface area contributed by atoms with Crippen molar-refractivity contribution in [3.63, 3.8) is 0 Å². The first-order valence-corrected chi connectivity index (χ1v) is 8.02. The predicted molar refractivity (Wildman–Crippen MR) is 91.1 cm³/mol. The lowest BCUT2D eigenvalue weighted by Crippen LogP contribution is -2.06. The maximum absolute atomic E-state index is 9.62. The molecule has 0 amide bonds. The fourth-order valence-electron chi connectivity index (χ4n) is 2.23. The Kier molecular flexibility index (Phi) is 6.21. The summed E-state index contributed by atoms with van der Waals surface area (Å²) in [6.07, 6.45) is 1.47. The Bertz CT molecular complexity index is 628. The quantitative estimate of drug-likeness (QED) is 0.689. The number of benzene rings is 2. The van der Waals surface area contributed by atoms with Gasteiger partial charge in [-0.1, -0.05) is 58.5 Å². The topological polar surface area (TPSA) is 20.2 Å². The van der Waals surface area contributed by atoms with E-state index in [-0.39, 0.29) is 12.5 Å². The van der Waals surface area contributed by atoms with Crippen molar-refractivity contribution >= 4 is 46.4 Å². The lowest BCUT2D eigenvalue weighted by atomic mass is 9.93. The molecule has 0 aliphatic rings. The van der Waals surface area contributed by atoms with Gasteiger partial charge in [-0.25, -0.2) is 0 Å². The molecule has 2 aromatic rings. The fourth-order valence-corrected chi connectivity index (χ4v) is 3.30. The van der Waals surface area contributed by atoms with Crippen molar-refractivity contribution in [2.24, 2.45) is 0 Å². The fraction of sp³-hybridized carbons (Fsp3) is 0.250. The summed E-state index contributed by atoms with van der Waals surface area (Å²) in [6.45, 7) is 0.0204. The lowest BCUT2D eigenvalue weighted by Gasteiger charge is -2.17. The number of aliphatic hydroxyl groups excluding tert-OH is 1. The number of aryl methyl sites for hydroxylation is 1. The van der Waals surface area contributed by atoms with Crippen molar-refractivity contribution in [3.05, 3.63) is 67.6 Å². The molecule has 0 saturated heterocycles. The summed E-state index contributed by atoms with van der Waals surface area (Å²) >= 11 is 24.1. The summed E-state index contributed by atoms with van der Waals surface area (Å²) in [4.78, 5) is 0. The van der Waals surface area contributed by atoms with Crippen LogP contribution in [0.2, 0.25) is 20.1 Å². The molecule has 1 atom stereocenters. The van der Waals surface area contributed by atoms with Gasteiger partial charge in [0.15, 0.2) is 0 Å². The van der Waals surface area contributed by atoms with E-state index >= 15 is 0 Å². The zero-order valence-electron chi connectivity index (χ0n) is 11.1. The van der Waals surface area contributed by atoms with Crippen molar-refractivity contribution in [2.75, 3.05) is 6.61 Å². The van der Waals surface area contributed by atoms with Crippen molar-refractivity contribution < 1.29 is 5.11 Å². The van der Waals surface area contributed by atoms with Gasteiger partial charge in [-0.3, -0.25) is 0 Å². The van der Waals surface area contributed by atoms with E-state index in [1.54, 1.807) is 18.2 Å². The molecular weight excluding hydrogens is 350 g/mol. The van der Waals surface area contributed by atoms with Crippen LogP contribution in [0.15, 0.2) is 36.4 Å².